The summed E-state index contributed by atoms with van der Waals surface area (Å²) in [6.45, 7) is 3.00. The SMILES string of the molecule is CCOC(=O)c1ccc(OCC(O)CSc2nccn2Cc2ccccc2)cc1. The van der Waals surface area contributed by atoms with Gasteiger partial charge in [-0.3, -0.25) is 0 Å². The molecular formula is C22H24N2O4S. The molecule has 1 atom stereocenters. The molecule has 0 amide bonds. The fourth-order valence-electron chi connectivity index (χ4n) is 2.65. The molecule has 7 heteroatoms. The summed E-state index contributed by atoms with van der Waals surface area (Å²) in [5.74, 6) is 0.696. The Kier molecular flexibility index (Phi) is 7.72. The fraction of sp³-hybridized carbons (Fsp3) is 0.273. The van der Waals surface area contributed by atoms with Gasteiger partial charge in [-0.15, -0.1) is 0 Å². The van der Waals surface area contributed by atoms with Crippen molar-refractivity contribution in [3.63, 3.8) is 0 Å². The van der Waals surface area contributed by atoms with E-state index in [9.17, 15) is 9.90 Å². The molecule has 0 fully saturated rings. The maximum absolute atomic E-state index is 11.6. The number of benzene rings is 2. The molecule has 0 aliphatic rings. The summed E-state index contributed by atoms with van der Waals surface area (Å²) < 4.78 is 12.6. The van der Waals surface area contributed by atoms with Gasteiger partial charge in [0.15, 0.2) is 5.16 Å². The Labute approximate surface area is 174 Å². The smallest absolute Gasteiger partial charge is 0.338 e. The topological polar surface area (TPSA) is 73.6 Å². The summed E-state index contributed by atoms with van der Waals surface area (Å²) in [7, 11) is 0. The molecule has 1 aromatic heterocycles. The zero-order chi connectivity index (χ0) is 20.5. The molecule has 3 aromatic rings. The lowest BCUT2D eigenvalue weighted by Crippen LogP contribution is -2.20. The van der Waals surface area contributed by atoms with Crippen molar-refractivity contribution in [3.05, 3.63) is 78.1 Å². The first-order valence-corrected chi connectivity index (χ1v) is 10.4. The number of hydrogen-bond acceptors (Lipinski definition) is 6. The highest BCUT2D eigenvalue weighted by atomic mass is 32.2. The van der Waals surface area contributed by atoms with Gasteiger partial charge in [-0.05, 0) is 36.8 Å². The number of rotatable bonds is 10. The van der Waals surface area contributed by atoms with Gasteiger partial charge in [0.1, 0.15) is 12.4 Å². The summed E-state index contributed by atoms with van der Waals surface area (Å²) in [5, 5.41) is 11.1. The molecule has 1 N–H and O–H groups in total. The maximum atomic E-state index is 11.6. The Hall–Kier alpha value is -2.77. The molecule has 6 nitrogen and oxygen atoms in total. The Morgan fingerprint density at radius 1 is 1.17 bits per heavy atom. The molecule has 29 heavy (non-hydrogen) atoms. The molecule has 0 aliphatic heterocycles. The van der Waals surface area contributed by atoms with Crippen molar-refractivity contribution in [2.24, 2.45) is 0 Å². The first kappa shape index (κ1) is 21.0. The molecule has 0 saturated heterocycles. The van der Waals surface area contributed by atoms with Crippen LogP contribution in [0, 0.1) is 0 Å². The van der Waals surface area contributed by atoms with E-state index in [1.54, 1.807) is 37.4 Å². The van der Waals surface area contributed by atoms with E-state index in [0.29, 0.717) is 23.7 Å². The third kappa shape index (κ3) is 6.37. The molecule has 0 spiro atoms. The first-order chi connectivity index (χ1) is 14.2. The predicted molar refractivity (Wildman–Crippen MR) is 112 cm³/mol. The number of thioether (sulfide) groups is 1. The van der Waals surface area contributed by atoms with Crippen molar-refractivity contribution in [1.82, 2.24) is 9.55 Å². The molecule has 2 aromatic carbocycles. The van der Waals surface area contributed by atoms with Gasteiger partial charge in [-0.2, -0.15) is 0 Å². The van der Waals surface area contributed by atoms with Gasteiger partial charge in [-0.25, -0.2) is 9.78 Å². The highest BCUT2D eigenvalue weighted by Crippen LogP contribution is 2.19. The van der Waals surface area contributed by atoms with Crippen molar-refractivity contribution in [2.75, 3.05) is 19.0 Å². The number of imidazole rings is 1. The van der Waals surface area contributed by atoms with Crippen molar-refractivity contribution in [2.45, 2.75) is 24.7 Å². The number of aliphatic hydroxyl groups excluding tert-OH is 1. The van der Waals surface area contributed by atoms with Gasteiger partial charge < -0.3 is 19.1 Å². The van der Waals surface area contributed by atoms with Crippen LogP contribution in [0.3, 0.4) is 0 Å². The number of aliphatic hydroxyl groups is 1. The molecular weight excluding hydrogens is 388 g/mol. The normalized spacial score (nSPS) is 11.8. The van der Waals surface area contributed by atoms with E-state index in [0.717, 1.165) is 11.7 Å². The quantitative estimate of drug-likeness (QED) is 0.405. The second kappa shape index (κ2) is 10.7. The van der Waals surface area contributed by atoms with Crippen molar-refractivity contribution >= 4 is 17.7 Å². The predicted octanol–water partition coefficient (Wildman–Crippen LogP) is 3.64. The Balaban J connectivity index is 1.45. The second-order valence-electron chi connectivity index (χ2n) is 6.34. The van der Waals surface area contributed by atoms with Crippen molar-refractivity contribution < 1.29 is 19.4 Å². The summed E-state index contributed by atoms with van der Waals surface area (Å²) >= 11 is 1.49. The third-order valence-corrected chi connectivity index (χ3v) is 5.24. The molecule has 3 rings (SSSR count). The largest absolute Gasteiger partial charge is 0.491 e. The number of aromatic nitrogens is 2. The Morgan fingerprint density at radius 3 is 2.66 bits per heavy atom. The molecule has 152 valence electrons. The fourth-order valence-corrected chi connectivity index (χ4v) is 3.51. The molecule has 0 aliphatic carbocycles. The van der Waals surface area contributed by atoms with Crippen LogP contribution in [0.4, 0.5) is 0 Å². The first-order valence-electron chi connectivity index (χ1n) is 9.41. The lowest BCUT2D eigenvalue weighted by atomic mass is 10.2. The van der Waals surface area contributed by atoms with Gasteiger partial charge in [0.05, 0.1) is 18.3 Å². The average molecular weight is 413 g/mol. The third-order valence-electron chi connectivity index (χ3n) is 4.09. The van der Waals surface area contributed by atoms with Crippen LogP contribution in [0.2, 0.25) is 0 Å². The molecule has 0 saturated carbocycles. The average Bonchev–Trinajstić information content (AvgIpc) is 3.19. The lowest BCUT2D eigenvalue weighted by molar-refractivity contribution is 0.0526. The number of carbonyl (C=O) groups is 1. The minimum absolute atomic E-state index is 0.158. The monoisotopic (exact) mass is 412 g/mol. The molecule has 0 radical (unpaired) electrons. The van der Waals surface area contributed by atoms with Crippen molar-refractivity contribution in [3.8, 4) is 5.75 Å². The number of hydrogen-bond donors (Lipinski definition) is 1. The number of esters is 1. The second-order valence-corrected chi connectivity index (χ2v) is 7.33. The molecule has 0 bridgehead atoms. The van der Waals surface area contributed by atoms with E-state index in [1.807, 2.05) is 24.4 Å². The summed E-state index contributed by atoms with van der Waals surface area (Å²) in [5.41, 5.74) is 1.67. The summed E-state index contributed by atoms with van der Waals surface area (Å²) in [6.07, 6.45) is 3.05. The molecule has 1 heterocycles. The number of nitrogens with zero attached hydrogens (tertiary/aromatic N) is 2. The van der Waals surface area contributed by atoms with E-state index in [-0.39, 0.29) is 12.6 Å². The van der Waals surface area contributed by atoms with Crippen LogP contribution in [0.1, 0.15) is 22.8 Å². The van der Waals surface area contributed by atoms with Gasteiger partial charge in [0.25, 0.3) is 0 Å². The highest BCUT2D eigenvalue weighted by molar-refractivity contribution is 7.99. The summed E-state index contributed by atoms with van der Waals surface area (Å²) in [4.78, 5) is 16.0. The lowest BCUT2D eigenvalue weighted by Gasteiger charge is -2.13. The van der Waals surface area contributed by atoms with Gasteiger partial charge in [0, 0.05) is 24.7 Å². The van der Waals surface area contributed by atoms with Gasteiger partial charge in [0.2, 0.25) is 0 Å². The van der Waals surface area contributed by atoms with Crippen LogP contribution in [0.15, 0.2) is 72.1 Å². The minimum Gasteiger partial charge on any atom is -0.491 e. The van der Waals surface area contributed by atoms with E-state index in [4.69, 9.17) is 9.47 Å². The van der Waals surface area contributed by atoms with Crippen LogP contribution in [-0.2, 0) is 11.3 Å². The van der Waals surface area contributed by atoms with Gasteiger partial charge in [-0.1, -0.05) is 42.1 Å². The molecule has 1 unspecified atom stereocenters. The van der Waals surface area contributed by atoms with Gasteiger partial charge >= 0.3 is 5.97 Å². The van der Waals surface area contributed by atoms with E-state index >= 15 is 0 Å². The zero-order valence-corrected chi connectivity index (χ0v) is 17.0. The maximum Gasteiger partial charge on any atom is 0.338 e. The van der Waals surface area contributed by atoms with Crippen LogP contribution in [0.25, 0.3) is 0 Å². The minimum atomic E-state index is -0.647. The Bertz CT molecular complexity index is 897. The number of ether oxygens (including phenoxy) is 2. The van der Waals surface area contributed by atoms with E-state index in [1.165, 1.54) is 17.3 Å². The Morgan fingerprint density at radius 2 is 1.93 bits per heavy atom. The number of carbonyl (C=O) groups excluding carboxylic acids is 1. The van der Waals surface area contributed by atoms with Crippen molar-refractivity contribution in [1.29, 1.82) is 0 Å². The van der Waals surface area contributed by atoms with Crippen LogP contribution in [0.5, 0.6) is 5.75 Å². The highest BCUT2D eigenvalue weighted by Gasteiger charge is 2.11. The van der Waals surface area contributed by atoms with Crippen LogP contribution >= 0.6 is 11.8 Å². The van der Waals surface area contributed by atoms with Crippen LogP contribution < -0.4 is 4.74 Å². The summed E-state index contributed by atoms with van der Waals surface area (Å²) in [6, 6.07) is 16.8. The zero-order valence-electron chi connectivity index (χ0n) is 16.2. The standard InChI is InChI=1S/C22H24N2O4S/c1-2-27-21(26)18-8-10-20(11-9-18)28-15-19(25)16-29-22-23-12-13-24(22)14-17-6-4-3-5-7-17/h3-13,19,25H,2,14-16H2,1H3. The van der Waals surface area contributed by atoms with E-state index < -0.39 is 6.10 Å². The van der Waals surface area contributed by atoms with E-state index in [2.05, 4.69) is 21.7 Å². The van der Waals surface area contributed by atoms with Crippen LogP contribution in [-0.4, -0.2) is 45.7 Å².